The van der Waals surface area contributed by atoms with Gasteiger partial charge in [-0.05, 0) is 6.92 Å². The molecule has 0 rings (SSSR count). The molecule has 0 aromatic rings. The summed E-state index contributed by atoms with van der Waals surface area (Å²) in [5, 5.41) is 2.99. The maximum atomic E-state index is 11.2. The van der Waals surface area contributed by atoms with Crippen LogP contribution in [-0.4, -0.2) is 51.2 Å². The van der Waals surface area contributed by atoms with Crippen LogP contribution in [0.2, 0.25) is 0 Å². The van der Waals surface area contributed by atoms with E-state index in [4.69, 9.17) is 4.74 Å². The summed E-state index contributed by atoms with van der Waals surface area (Å²) in [6.07, 6.45) is 0. The molecule has 0 heterocycles. The fraction of sp³-hybridized carbons (Fsp3) is 0.875. The van der Waals surface area contributed by atoms with Crippen LogP contribution in [0.15, 0.2) is 0 Å². The van der Waals surface area contributed by atoms with Crippen LogP contribution < -0.4 is 5.32 Å². The van der Waals surface area contributed by atoms with E-state index >= 15 is 0 Å². The van der Waals surface area contributed by atoms with E-state index in [2.05, 4.69) is 5.32 Å². The average molecular weight is 174 g/mol. The topological polar surface area (TPSA) is 41.6 Å². The smallest absolute Gasteiger partial charge is 0.236 e. The minimum absolute atomic E-state index is 0.119. The molecular formula is C8H18N2O2. The Kier molecular flexibility index (Phi) is 6.70. The van der Waals surface area contributed by atoms with Crippen molar-refractivity contribution in [3.05, 3.63) is 0 Å². The SMILES string of the molecule is CCN(C)C(=O)CNCCOC. The van der Waals surface area contributed by atoms with E-state index in [-0.39, 0.29) is 5.91 Å². The van der Waals surface area contributed by atoms with Crippen LogP contribution in [0.1, 0.15) is 6.92 Å². The molecule has 0 aromatic heterocycles. The molecule has 12 heavy (non-hydrogen) atoms. The van der Waals surface area contributed by atoms with E-state index in [1.54, 1.807) is 19.1 Å². The number of ether oxygens (including phenoxy) is 1. The van der Waals surface area contributed by atoms with Gasteiger partial charge in [0.25, 0.3) is 0 Å². The third kappa shape index (κ3) is 5.09. The van der Waals surface area contributed by atoms with Gasteiger partial charge in [-0.15, -0.1) is 0 Å². The van der Waals surface area contributed by atoms with Crippen molar-refractivity contribution < 1.29 is 9.53 Å². The Hall–Kier alpha value is -0.610. The van der Waals surface area contributed by atoms with Gasteiger partial charge in [-0.1, -0.05) is 0 Å². The van der Waals surface area contributed by atoms with Crippen molar-refractivity contribution in [3.63, 3.8) is 0 Å². The highest BCUT2D eigenvalue weighted by Crippen LogP contribution is 1.80. The minimum Gasteiger partial charge on any atom is -0.383 e. The number of likely N-dealkylation sites (N-methyl/N-ethyl adjacent to an activating group) is 1. The molecule has 0 saturated heterocycles. The Morgan fingerprint density at radius 2 is 2.25 bits per heavy atom. The number of rotatable bonds is 6. The highest BCUT2D eigenvalue weighted by Gasteiger charge is 2.03. The van der Waals surface area contributed by atoms with Gasteiger partial charge in [0.2, 0.25) is 5.91 Å². The number of methoxy groups -OCH3 is 1. The summed E-state index contributed by atoms with van der Waals surface area (Å²) in [6.45, 7) is 4.47. The lowest BCUT2D eigenvalue weighted by Gasteiger charge is -2.14. The van der Waals surface area contributed by atoms with E-state index in [0.717, 1.165) is 13.1 Å². The number of carbonyl (C=O) groups excluding carboxylic acids is 1. The molecule has 0 fully saturated rings. The van der Waals surface area contributed by atoms with Crippen molar-refractivity contribution in [3.8, 4) is 0 Å². The summed E-state index contributed by atoms with van der Waals surface area (Å²) >= 11 is 0. The lowest BCUT2D eigenvalue weighted by Crippen LogP contribution is -2.36. The van der Waals surface area contributed by atoms with Gasteiger partial charge in [0.1, 0.15) is 0 Å². The van der Waals surface area contributed by atoms with E-state index in [1.807, 2.05) is 6.92 Å². The highest BCUT2D eigenvalue weighted by atomic mass is 16.5. The van der Waals surface area contributed by atoms with Crippen molar-refractivity contribution in [1.29, 1.82) is 0 Å². The molecule has 0 atom stereocenters. The second-order valence-corrected chi connectivity index (χ2v) is 2.58. The molecule has 0 aliphatic heterocycles. The van der Waals surface area contributed by atoms with Crippen LogP contribution in [-0.2, 0) is 9.53 Å². The predicted octanol–water partition coefficient (Wildman–Crippen LogP) is -0.299. The Morgan fingerprint density at radius 3 is 2.75 bits per heavy atom. The first-order valence-corrected chi connectivity index (χ1v) is 4.16. The summed E-state index contributed by atoms with van der Waals surface area (Å²) in [6, 6.07) is 0. The number of nitrogens with zero attached hydrogens (tertiary/aromatic N) is 1. The lowest BCUT2D eigenvalue weighted by atomic mass is 10.5. The van der Waals surface area contributed by atoms with Crippen LogP contribution in [0.25, 0.3) is 0 Å². The lowest BCUT2D eigenvalue weighted by molar-refractivity contribution is -0.128. The molecule has 72 valence electrons. The largest absolute Gasteiger partial charge is 0.383 e. The molecule has 0 spiro atoms. The zero-order chi connectivity index (χ0) is 9.40. The molecule has 0 aliphatic rings. The number of amides is 1. The maximum absolute atomic E-state index is 11.2. The molecule has 0 aromatic carbocycles. The molecular weight excluding hydrogens is 156 g/mol. The Morgan fingerprint density at radius 1 is 1.58 bits per heavy atom. The van der Waals surface area contributed by atoms with Crippen LogP contribution in [0.4, 0.5) is 0 Å². The van der Waals surface area contributed by atoms with Gasteiger partial charge in [-0.3, -0.25) is 4.79 Å². The quantitative estimate of drug-likeness (QED) is 0.562. The molecule has 4 nitrogen and oxygen atoms in total. The molecule has 0 saturated carbocycles. The third-order valence-corrected chi connectivity index (χ3v) is 1.66. The first kappa shape index (κ1) is 11.4. The van der Waals surface area contributed by atoms with Gasteiger partial charge in [-0.25, -0.2) is 0 Å². The van der Waals surface area contributed by atoms with Gasteiger partial charge in [0.05, 0.1) is 13.2 Å². The van der Waals surface area contributed by atoms with Crippen molar-refractivity contribution in [1.82, 2.24) is 10.2 Å². The number of carbonyl (C=O) groups is 1. The second-order valence-electron chi connectivity index (χ2n) is 2.58. The number of nitrogens with one attached hydrogen (secondary N) is 1. The third-order valence-electron chi connectivity index (χ3n) is 1.66. The summed E-state index contributed by atoms with van der Waals surface area (Å²) in [4.78, 5) is 12.8. The van der Waals surface area contributed by atoms with Gasteiger partial charge >= 0.3 is 0 Å². The zero-order valence-corrected chi connectivity index (χ0v) is 8.09. The zero-order valence-electron chi connectivity index (χ0n) is 8.09. The van der Waals surface area contributed by atoms with E-state index in [1.165, 1.54) is 0 Å². The van der Waals surface area contributed by atoms with Gasteiger partial charge < -0.3 is 15.0 Å². The Balaban J connectivity index is 3.31. The molecule has 4 heteroatoms. The van der Waals surface area contributed by atoms with Crippen LogP contribution in [0.5, 0.6) is 0 Å². The summed E-state index contributed by atoms with van der Waals surface area (Å²) in [5.41, 5.74) is 0. The van der Waals surface area contributed by atoms with E-state index in [9.17, 15) is 4.79 Å². The fourth-order valence-corrected chi connectivity index (χ4v) is 0.681. The van der Waals surface area contributed by atoms with Crippen molar-refractivity contribution >= 4 is 5.91 Å². The van der Waals surface area contributed by atoms with Crippen molar-refractivity contribution in [2.24, 2.45) is 0 Å². The molecule has 0 unspecified atom stereocenters. The van der Waals surface area contributed by atoms with Gasteiger partial charge in [0.15, 0.2) is 0 Å². The standard InChI is InChI=1S/C8H18N2O2/c1-4-10(2)8(11)7-9-5-6-12-3/h9H,4-7H2,1-3H3. The molecule has 0 bridgehead atoms. The van der Waals surface area contributed by atoms with Gasteiger partial charge in [-0.2, -0.15) is 0 Å². The number of hydrogen-bond acceptors (Lipinski definition) is 3. The molecule has 1 N–H and O–H groups in total. The fourth-order valence-electron chi connectivity index (χ4n) is 0.681. The molecule has 1 amide bonds. The Labute approximate surface area is 73.9 Å². The highest BCUT2D eigenvalue weighted by molar-refractivity contribution is 5.77. The van der Waals surface area contributed by atoms with E-state index in [0.29, 0.717) is 13.2 Å². The van der Waals surface area contributed by atoms with Gasteiger partial charge in [0, 0.05) is 27.2 Å². The second kappa shape index (κ2) is 7.06. The van der Waals surface area contributed by atoms with E-state index < -0.39 is 0 Å². The maximum Gasteiger partial charge on any atom is 0.236 e. The minimum atomic E-state index is 0.119. The van der Waals surface area contributed by atoms with Crippen LogP contribution in [0.3, 0.4) is 0 Å². The number of hydrogen-bond donors (Lipinski definition) is 1. The summed E-state index contributed by atoms with van der Waals surface area (Å²) < 4.78 is 4.82. The van der Waals surface area contributed by atoms with Crippen molar-refractivity contribution in [2.45, 2.75) is 6.92 Å². The average Bonchev–Trinajstić information content (AvgIpc) is 2.10. The predicted molar refractivity (Wildman–Crippen MR) is 48.1 cm³/mol. The molecule has 0 radical (unpaired) electrons. The monoisotopic (exact) mass is 174 g/mol. The first-order valence-electron chi connectivity index (χ1n) is 4.16. The summed E-state index contributed by atoms with van der Waals surface area (Å²) in [5.74, 6) is 0.119. The molecule has 0 aliphatic carbocycles. The van der Waals surface area contributed by atoms with Crippen molar-refractivity contribution in [2.75, 3.05) is 40.4 Å². The Bertz CT molecular complexity index is 128. The normalized spacial score (nSPS) is 9.92. The van der Waals surface area contributed by atoms with Crippen LogP contribution >= 0.6 is 0 Å². The van der Waals surface area contributed by atoms with Crippen LogP contribution in [0, 0.1) is 0 Å². The first-order chi connectivity index (χ1) is 5.72. The summed E-state index contributed by atoms with van der Waals surface area (Å²) in [7, 11) is 3.43.